The lowest BCUT2D eigenvalue weighted by Crippen LogP contribution is -2.47. The number of nitrogens with zero attached hydrogens (tertiary/aromatic N) is 5. The molecule has 3 aliphatic rings. The van der Waals surface area contributed by atoms with E-state index in [0.717, 1.165) is 78.1 Å². The van der Waals surface area contributed by atoms with Crippen molar-refractivity contribution < 1.29 is 23.9 Å². The van der Waals surface area contributed by atoms with Gasteiger partial charge in [0.15, 0.2) is 0 Å². The highest BCUT2D eigenvalue weighted by Crippen LogP contribution is 2.37. The number of nitrogens with one attached hydrogen (secondary N) is 3. The van der Waals surface area contributed by atoms with Crippen molar-refractivity contribution in [3.05, 3.63) is 156 Å². The molecule has 0 bridgehead atoms. The fourth-order valence-corrected chi connectivity index (χ4v) is 8.99. The summed E-state index contributed by atoms with van der Waals surface area (Å²) in [4.78, 5) is 62.7. The van der Waals surface area contributed by atoms with E-state index in [1.807, 2.05) is 83.9 Å². The topological polar surface area (TPSA) is 149 Å². The van der Waals surface area contributed by atoms with Crippen LogP contribution >= 0.6 is 0 Å². The van der Waals surface area contributed by atoms with Crippen LogP contribution < -0.4 is 5.32 Å². The summed E-state index contributed by atoms with van der Waals surface area (Å²) in [6.07, 6.45) is 6.24. The maximum Gasteiger partial charge on any atom is 0.407 e. The van der Waals surface area contributed by atoms with Crippen LogP contribution in [0.5, 0.6) is 0 Å². The van der Waals surface area contributed by atoms with Gasteiger partial charge in [-0.05, 0) is 71.6 Å². The van der Waals surface area contributed by atoms with Crippen molar-refractivity contribution in [3.63, 3.8) is 0 Å². The third-order valence-electron chi connectivity index (χ3n) is 12.2. The quantitative estimate of drug-likeness (QED) is 0.121. The fourth-order valence-electron chi connectivity index (χ4n) is 8.99. The van der Waals surface area contributed by atoms with Crippen molar-refractivity contribution in [2.75, 3.05) is 46.5 Å². The van der Waals surface area contributed by atoms with E-state index < -0.39 is 12.1 Å². The summed E-state index contributed by atoms with van der Waals surface area (Å²) in [6.45, 7) is 3.95. The van der Waals surface area contributed by atoms with Gasteiger partial charge in [-0.1, -0.05) is 103 Å². The van der Waals surface area contributed by atoms with Crippen LogP contribution in [0.1, 0.15) is 83.9 Å². The lowest BCUT2D eigenvalue weighted by atomic mass is 10.0. The Labute approximate surface area is 366 Å². The van der Waals surface area contributed by atoms with Gasteiger partial charge in [0.05, 0.1) is 50.5 Å². The number of rotatable bonds is 10. The van der Waals surface area contributed by atoms with Gasteiger partial charge in [0.2, 0.25) is 5.91 Å². The number of hydrogen-bond acceptors (Lipinski definition) is 8. The number of carbonyl (C=O) groups excluding carboxylic acids is 3. The summed E-state index contributed by atoms with van der Waals surface area (Å²) in [5, 5.41) is 2.70. The van der Waals surface area contributed by atoms with Crippen molar-refractivity contribution in [1.29, 1.82) is 0 Å². The Bertz CT molecular complexity index is 2580. The van der Waals surface area contributed by atoms with Gasteiger partial charge in [0.1, 0.15) is 29.4 Å². The van der Waals surface area contributed by atoms with E-state index in [4.69, 9.17) is 14.5 Å². The second kappa shape index (κ2) is 18.9. The molecule has 4 aromatic carbocycles. The Kier molecular flexibility index (Phi) is 12.4. The first-order chi connectivity index (χ1) is 30.9. The third kappa shape index (κ3) is 9.14. The van der Waals surface area contributed by atoms with Gasteiger partial charge < -0.3 is 34.6 Å². The van der Waals surface area contributed by atoms with Crippen LogP contribution in [-0.2, 0) is 19.1 Å². The minimum absolute atomic E-state index is 0.112. The minimum atomic E-state index is -0.882. The largest absolute Gasteiger partial charge is 0.453 e. The maximum absolute atomic E-state index is 14.3. The highest BCUT2D eigenvalue weighted by Gasteiger charge is 2.40. The predicted octanol–water partition coefficient (Wildman–Crippen LogP) is 7.36. The Hall–Kier alpha value is -7.01. The van der Waals surface area contributed by atoms with E-state index in [1.165, 1.54) is 7.11 Å². The second-order valence-electron chi connectivity index (χ2n) is 16.1. The molecule has 0 radical (unpaired) electrons. The number of hydrogen-bond donors (Lipinski definition) is 3. The number of amides is 3. The fraction of sp³-hybridized carbons (Fsp3) is 0.300. The molecule has 2 aromatic heterocycles. The van der Waals surface area contributed by atoms with E-state index in [9.17, 15) is 14.4 Å². The van der Waals surface area contributed by atoms with Gasteiger partial charge >= 0.3 is 6.09 Å². The molecule has 6 aromatic rings. The first-order valence-electron chi connectivity index (χ1n) is 21.6. The number of imidazole rings is 2. The molecule has 3 amide bonds. The smallest absolute Gasteiger partial charge is 0.407 e. The van der Waals surface area contributed by atoms with Crippen LogP contribution in [0.4, 0.5) is 4.79 Å². The molecule has 3 aliphatic heterocycles. The summed E-state index contributed by atoms with van der Waals surface area (Å²) in [6, 6.07) is 34.1. The van der Waals surface area contributed by atoms with E-state index in [0.29, 0.717) is 43.4 Å². The molecular weight excluding hydrogens is 793 g/mol. The van der Waals surface area contributed by atoms with Gasteiger partial charge in [0.25, 0.3) is 5.91 Å². The van der Waals surface area contributed by atoms with Crippen molar-refractivity contribution in [3.8, 4) is 34.2 Å². The molecule has 0 saturated carbocycles. The van der Waals surface area contributed by atoms with Gasteiger partial charge in [-0.2, -0.15) is 0 Å². The molecule has 5 heterocycles. The number of benzene rings is 4. The van der Waals surface area contributed by atoms with Crippen LogP contribution in [-0.4, -0.2) is 99.0 Å². The molecular formula is C50H50N8O5. The van der Waals surface area contributed by atoms with E-state index in [-0.39, 0.29) is 29.9 Å². The highest BCUT2D eigenvalue weighted by molar-refractivity contribution is 5.87. The molecule has 13 heteroatoms. The average Bonchev–Trinajstić information content (AvgIpc) is 4.19. The van der Waals surface area contributed by atoms with Crippen molar-refractivity contribution in [1.82, 2.24) is 40.0 Å². The van der Waals surface area contributed by atoms with Crippen LogP contribution in [0.2, 0.25) is 0 Å². The average molecular weight is 843 g/mol. The number of methoxy groups -OCH3 is 1. The van der Waals surface area contributed by atoms with Crippen LogP contribution in [0, 0.1) is 11.8 Å². The van der Waals surface area contributed by atoms with Gasteiger partial charge in [-0.15, -0.1) is 0 Å². The Morgan fingerprint density at radius 1 is 0.683 bits per heavy atom. The normalized spacial score (nSPS) is 18.6. The molecule has 13 nitrogen and oxygen atoms in total. The summed E-state index contributed by atoms with van der Waals surface area (Å²) in [7, 11) is 1.28. The molecule has 4 atom stereocenters. The summed E-state index contributed by atoms with van der Waals surface area (Å²) in [5.41, 5.74) is 7.26. The zero-order valence-corrected chi connectivity index (χ0v) is 35.2. The van der Waals surface area contributed by atoms with Gasteiger partial charge in [0, 0.05) is 31.7 Å². The molecule has 9 rings (SSSR count). The standard InChI is InChI=1S/C50H50N8O5/c1-62-50(61)55-44(38-10-4-2-5-11-38)48(59)57-26-8-14-42(57)46-51-32-40(53-46)25-18-34-16-19-35(20-17-34)36-21-23-37(24-22-36)41-33-52-47(54-41)43-15-9-27-58(43)49(60)45(39-12-6-3-7-13-39)56-28-30-63-31-29-56/h2-7,10-13,16-17,19-24,32-33,42-45H,8-9,14-15,26-31H2,1H3,(H,51,53)(H,52,54)(H,55,61). The third-order valence-corrected chi connectivity index (χ3v) is 12.2. The molecule has 63 heavy (non-hydrogen) atoms. The van der Waals surface area contributed by atoms with Gasteiger partial charge in [-0.3, -0.25) is 14.5 Å². The highest BCUT2D eigenvalue weighted by atomic mass is 16.5. The number of alkyl carbamates (subject to hydrolysis) is 1. The SMILES string of the molecule is COC(=O)NC(C(=O)N1CCCC1c1ncc(C#Cc2ccc(-c3ccc(-c4cnc(C5CCCN5C(=O)C(c5ccccc5)N5CCOCC5)[nH]4)cc3)cc2)[nH]1)c1ccccc1. The van der Waals surface area contributed by atoms with E-state index in [2.05, 4.69) is 73.4 Å². The van der Waals surface area contributed by atoms with Crippen LogP contribution in [0.3, 0.4) is 0 Å². The summed E-state index contributed by atoms with van der Waals surface area (Å²) in [5.74, 6) is 7.80. The maximum atomic E-state index is 14.3. The first kappa shape index (κ1) is 41.3. The number of aromatic amines is 2. The molecule has 0 spiro atoms. The number of carbonyl (C=O) groups is 3. The number of morpholine rings is 1. The molecule has 320 valence electrons. The predicted molar refractivity (Wildman–Crippen MR) is 238 cm³/mol. The number of aromatic nitrogens is 4. The van der Waals surface area contributed by atoms with Crippen molar-refractivity contribution >= 4 is 17.9 Å². The van der Waals surface area contributed by atoms with Gasteiger partial charge in [-0.25, -0.2) is 14.8 Å². The Morgan fingerprint density at radius 2 is 1.25 bits per heavy atom. The number of likely N-dealkylation sites (tertiary alicyclic amines) is 2. The zero-order chi connectivity index (χ0) is 43.1. The Balaban J connectivity index is 0.836. The summed E-state index contributed by atoms with van der Waals surface area (Å²) >= 11 is 0. The molecule has 0 aliphatic carbocycles. The van der Waals surface area contributed by atoms with Crippen molar-refractivity contribution in [2.24, 2.45) is 0 Å². The monoisotopic (exact) mass is 842 g/mol. The molecule has 3 N–H and O–H groups in total. The number of H-pyrrole nitrogens is 2. The van der Waals surface area contributed by atoms with Crippen molar-refractivity contribution in [2.45, 2.75) is 49.9 Å². The van der Waals surface area contributed by atoms with Crippen LogP contribution in [0.25, 0.3) is 22.4 Å². The van der Waals surface area contributed by atoms with E-state index >= 15 is 0 Å². The van der Waals surface area contributed by atoms with E-state index in [1.54, 1.807) is 11.1 Å². The second-order valence-corrected chi connectivity index (χ2v) is 16.1. The summed E-state index contributed by atoms with van der Waals surface area (Å²) < 4.78 is 10.4. The molecule has 4 unspecified atom stereocenters. The minimum Gasteiger partial charge on any atom is -0.453 e. The Morgan fingerprint density at radius 3 is 1.90 bits per heavy atom. The lowest BCUT2D eigenvalue weighted by Gasteiger charge is -2.37. The van der Waals surface area contributed by atoms with Crippen LogP contribution in [0.15, 0.2) is 122 Å². The molecule has 3 fully saturated rings. The lowest BCUT2D eigenvalue weighted by molar-refractivity contribution is -0.140. The number of ether oxygens (including phenoxy) is 2. The molecule has 3 saturated heterocycles. The zero-order valence-electron chi connectivity index (χ0n) is 35.2. The first-order valence-corrected chi connectivity index (χ1v) is 21.6.